The Bertz CT molecular complexity index is 616. The molecule has 1 aromatic heterocycles. The number of rotatable bonds is 4. The lowest BCUT2D eigenvalue weighted by Gasteiger charge is -2.09. The smallest absolute Gasteiger partial charge is 0.311 e. The molecule has 0 aliphatic rings. The Kier molecular flexibility index (Phi) is 3.58. The largest absolute Gasteiger partial charge is 0.431 e. The van der Waals surface area contributed by atoms with Crippen molar-refractivity contribution in [3.63, 3.8) is 0 Å². The minimum absolute atomic E-state index is 0.104. The van der Waals surface area contributed by atoms with Crippen LogP contribution in [0.1, 0.15) is 5.56 Å². The number of hydrazine groups is 1. The van der Waals surface area contributed by atoms with E-state index in [0.29, 0.717) is 11.4 Å². The summed E-state index contributed by atoms with van der Waals surface area (Å²) in [6.45, 7) is 1.73. The van der Waals surface area contributed by atoms with Crippen LogP contribution in [0.25, 0.3) is 0 Å². The predicted molar refractivity (Wildman–Crippen MR) is 70.0 cm³/mol. The number of anilines is 1. The molecule has 0 saturated carbocycles. The van der Waals surface area contributed by atoms with Crippen LogP contribution in [0.4, 0.5) is 11.5 Å². The molecule has 2 aromatic rings. The maximum absolute atomic E-state index is 11.0. The third-order valence-electron chi connectivity index (χ3n) is 2.47. The van der Waals surface area contributed by atoms with Crippen molar-refractivity contribution < 1.29 is 9.66 Å². The fourth-order valence-electron chi connectivity index (χ4n) is 1.57. The molecule has 0 aliphatic heterocycles. The first kappa shape index (κ1) is 12.8. The summed E-state index contributed by atoms with van der Waals surface area (Å²) in [4.78, 5) is 14.5. The quantitative estimate of drug-likeness (QED) is 0.497. The van der Waals surface area contributed by atoms with Gasteiger partial charge in [-0.05, 0) is 18.6 Å². The molecule has 1 aromatic carbocycles. The second-order valence-corrected chi connectivity index (χ2v) is 3.79. The molecule has 98 valence electrons. The van der Waals surface area contributed by atoms with Gasteiger partial charge in [0.15, 0.2) is 0 Å². The first-order valence-electron chi connectivity index (χ1n) is 5.47. The molecule has 0 bridgehead atoms. The van der Waals surface area contributed by atoms with Gasteiger partial charge in [-0.15, -0.1) is 0 Å². The van der Waals surface area contributed by atoms with Gasteiger partial charge < -0.3 is 10.2 Å². The molecule has 0 saturated heterocycles. The van der Waals surface area contributed by atoms with Crippen molar-refractivity contribution in [1.82, 2.24) is 4.98 Å². The Hall–Kier alpha value is -2.67. The van der Waals surface area contributed by atoms with Crippen molar-refractivity contribution in [3.05, 3.63) is 52.1 Å². The molecule has 0 amide bonds. The van der Waals surface area contributed by atoms with E-state index in [1.165, 1.54) is 6.07 Å². The number of aryl methyl sites for hydroxylation is 1. The number of nitro groups is 1. The summed E-state index contributed by atoms with van der Waals surface area (Å²) in [5.74, 6) is 6.06. The average molecular weight is 260 g/mol. The zero-order valence-electron chi connectivity index (χ0n) is 10.2. The molecular formula is C12H12N4O3. The molecule has 0 radical (unpaired) electrons. The molecule has 0 unspecified atom stereocenters. The highest BCUT2D eigenvalue weighted by atomic mass is 16.6. The molecule has 0 spiro atoms. The Morgan fingerprint density at radius 2 is 2.05 bits per heavy atom. The van der Waals surface area contributed by atoms with Crippen molar-refractivity contribution >= 4 is 11.5 Å². The maximum Gasteiger partial charge on any atom is 0.311 e. The predicted octanol–water partition coefficient (Wildman–Crippen LogP) is 2.38. The molecule has 7 nitrogen and oxygen atoms in total. The standard InChI is InChI=1S/C12H12N4O3/c1-8-4-2-5-9(16(17)18)12(8)19-11-7-3-6-10(14-11)15-13/h2-7H,13H2,1H3,(H,14,15). The lowest BCUT2D eigenvalue weighted by atomic mass is 10.2. The third kappa shape index (κ3) is 2.78. The Labute approximate surface area is 109 Å². The van der Waals surface area contributed by atoms with Crippen LogP contribution in [0, 0.1) is 17.0 Å². The number of nitro benzene ring substituents is 1. The normalized spacial score (nSPS) is 10.0. The van der Waals surface area contributed by atoms with E-state index in [2.05, 4.69) is 10.4 Å². The SMILES string of the molecule is Cc1cccc([N+](=O)[O-])c1Oc1cccc(NN)n1. The van der Waals surface area contributed by atoms with E-state index in [4.69, 9.17) is 10.6 Å². The average Bonchev–Trinajstić information content (AvgIpc) is 2.41. The van der Waals surface area contributed by atoms with E-state index in [0.717, 1.165) is 0 Å². The van der Waals surface area contributed by atoms with E-state index in [1.807, 2.05) is 0 Å². The highest BCUT2D eigenvalue weighted by Gasteiger charge is 2.18. The van der Waals surface area contributed by atoms with Crippen LogP contribution in [0.3, 0.4) is 0 Å². The first-order valence-corrected chi connectivity index (χ1v) is 5.47. The number of pyridine rings is 1. The zero-order valence-corrected chi connectivity index (χ0v) is 10.2. The van der Waals surface area contributed by atoms with Gasteiger partial charge in [0, 0.05) is 12.1 Å². The molecule has 2 rings (SSSR count). The minimum Gasteiger partial charge on any atom is -0.431 e. The van der Waals surface area contributed by atoms with Gasteiger partial charge in [0.1, 0.15) is 5.82 Å². The summed E-state index contributed by atoms with van der Waals surface area (Å²) < 4.78 is 5.50. The summed E-state index contributed by atoms with van der Waals surface area (Å²) in [7, 11) is 0. The van der Waals surface area contributed by atoms with Crippen molar-refractivity contribution in [3.8, 4) is 11.6 Å². The molecule has 19 heavy (non-hydrogen) atoms. The Morgan fingerprint density at radius 1 is 1.32 bits per heavy atom. The number of aromatic nitrogens is 1. The van der Waals surface area contributed by atoms with E-state index in [-0.39, 0.29) is 17.3 Å². The molecule has 0 atom stereocenters. The van der Waals surface area contributed by atoms with Gasteiger partial charge in [-0.3, -0.25) is 10.1 Å². The number of nitrogens with one attached hydrogen (secondary N) is 1. The molecule has 0 fully saturated rings. The summed E-state index contributed by atoms with van der Waals surface area (Å²) in [5.41, 5.74) is 2.93. The third-order valence-corrected chi connectivity index (χ3v) is 2.47. The molecule has 3 N–H and O–H groups in total. The molecule has 7 heteroatoms. The van der Waals surface area contributed by atoms with Gasteiger partial charge in [-0.25, -0.2) is 5.84 Å². The van der Waals surface area contributed by atoms with Crippen molar-refractivity contribution in [1.29, 1.82) is 0 Å². The number of para-hydroxylation sites is 1. The van der Waals surface area contributed by atoms with Crippen molar-refractivity contribution in [2.24, 2.45) is 5.84 Å². The zero-order chi connectivity index (χ0) is 13.8. The summed E-state index contributed by atoms with van der Waals surface area (Å²) in [6, 6.07) is 9.64. The van der Waals surface area contributed by atoms with Crippen molar-refractivity contribution in [2.45, 2.75) is 6.92 Å². The fourth-order valence-corrected chi connectivity index (χ4v) is 1.57. The summed E-state index contributed by atoms with van der Waals surface area (Å²) >= 11 is 0. The molecular weight excluding hydrogens is 248 g/mol. The monoisotopic (exact) mass is 260 g/mol. The number of nitrogen functional groups attached to an aromatic ring is 1. The van der Waals surface area contributed by atoms with Gasteiger partial charge in [0.05, 0.1) is 4.92 Å². The number of hydrogen-bond acceptors (Lipinski definition) is 6. The Balaban J connectivity index is 2.40. The molecule has 0 aliphatic carbocycles. The van der Waals surface area contributed by atoms with E-state index in [9.17, 15) is 10.1 Å². The number of hydrogen-bond donors (Lipinski definition) is 2. The van der Waals surface area contributed by atoms with Gasteiger partial charge in [0.2, 0.25) is 11.6 Å². The highest BCUT2D eigenvalue weighted by Crippen LogP contribution is 2.33. The van der Waals surface area contributed by atoms with Crippen LogP contribution >= 0.6 is 0 Å². The molecule has 1 heterocycles. The number of ether oxygens (including phenoxy) is 1. The van der Waals surface area contributed by atoms with Gasteiger partial charge >= 0.3 is 5.69 Å². The highest BCUT2D eigenvalue weighted by molar-refractivity contribution is 5.52. The lowest BCUT2D eigenvalue weighted by Crippen LogP contribution is -2.08. The van der Waals surface area contributed by atoms with Crippen LogP contribution < -0.4 is 16.0 Å². The van der Waals surface area contributed by atoms with Crippen LogP contribution in [-0.4, -0.2) is 9.91 Å². The summed E-state index contributed by atoms with van der Waals surface area (Å²) in [5, 5.41) is 11.0. The topological polar surface area (TPSA) is 103 Å². The van der Waals surface area contributed by atoms with Crippen LogP contribution in [0.15, 0.2) is 36.4 Å². The first-order chi connectivity index (χ1) is 9.11. The second kappa shape index (κ2) is 5.32. The van der Waals surface area contributed by atoms with Crippen molar-refractivity contribution in [2.75, 3.05) is 5.43 Å². The number of benzene rings is 1. The van der Waals surface area contributed by atoms with Gasteiger partial charge in [-0.2, -0.15) is 4.98 Å². The summed E-state index contributed by atoms with van der Waals surface area (Å²) in [6.07, 6.45) is 0. The van der Waals surface area contributed by atoms with Crippen LogP contribution in [-0.2, 0) is 0 Å². The van der Waals surface area contributed by atoms with Crippen LogP contribution in [0.2, 0.25) is 0 Å². The number of nitrogens with zero attached hydrogens (tertiary/aromatic N) is 2. The Morgan fingerprint density at radius 3 is 2.74 bits per heavy atom. The minimum atomic E-state index is -0.493. The number of nitrogens with two attached hydrogens (primary N) is 1. The van der Waals surface area contributed by atoms with E-state index in [1.54, 1.807) is 37.3 Å². The fraction of sp³-hybridized carbons (Fsp3) is 0.0833. The van der Waals surface area contributed by atoms with E-state index >= 15 is 0 Å². The lowest BCUT2D eigenvalue weighted by molar-refractivity contribution is -0.385. The van der Waals surface area contributed by atoms with Gasteiger partial charge in [-0.1, -0.05) is 18.2 Å². The van der Waals surface area contributed by atoms with Gasteiger partial charge in [0.25, 0.3) is 0 Å². The maximum atomic E-state index is 11.0. The second-order valence-electron chi connectivity index (χ2n) is 3.79. The van der Waals surface area contributed by atoms with Crippen LogP contribution in [0.5, 0.6) is 11.6 Å². The van der Waals surface area contributed by atoms with E-state index < -0.39 is 4.92 Å².